The molecule has 0 radical (unpaired) electrons. The van der Waals surface area contributed by atoms with Crippen molar-refractivity contribution in [2.45, 2.75) is 25.7 Å². The van der Waals surface area contributed by atoms with Crippen molar-refractivity contribution in [2.24, 2.45) is 0 Å². The molecule has 0 bridgehead atoms. The fourth-order valence-corrected chi connectivity index (χ4v) is 4.30. The van der Waals surface area contributed by atoms with Crippen molar-refractivity contribution < 1.29 is 13.2 Å². The molecule has 0 unspecified atom stereocenters. The number of carbonyl (C=O) groups is 1. The third-order valence-corrected chi connectivity index (χ3v) is 6.16. The molecule has 0 saturated carbocycles. The number of aryl methyl sites for hydroxylation is 1. The average Bonchev–Trinajstić information content (AvgIpc) is 2.57. The minimum absolute atomic E-state index is 0.0344. The fraction of sp³-hybridized carbons (Fsp3) is 0.294. The van der Waals surface area contributed by atoms with E-state index >= 15 is 0 Å². The van der Waals surface area contributed by atoms with Crippen LogP contribution in [0, 0.1) is 6.92 Å². The van der Waals surface area contributed by atoms with Crippen molar-refractivity contribution in [1.82, 2.24) is 9.29 Å². The van der Waals surface area contributed by atoms with Gasteiger partial charge >= 0.3 is 0 Å². The summed E-state index contributed by atoms with van der Waals surface area (Å²) in [7, 11) is -3.73. The number of anilines is 1. The Morgan fingerprint density at radius 3 is 2.48 bits per heavy atom. The molecule has 0 saturated heterocycles. The second-order valence-corrected chi connectivity index (χ2v) is 7.67. The van der Waals surface area contributed by atoms with Crippen LogP contribution in [0.3, 0.4) is 0 Å². The van der Waals surface area contributed by atoms with Crippen molar-refractivity contribution in [1.29, 1.82) is 0 Å². The summed E-state index contributed by atoms with van der Waals surface area (Å²) in [5.41, 5.74) is 1.31. The molecule has 1 N–H and O–H groups in total. The lowest BCUT2D eigenvalue weighted by Crippen LogP contribution is -2.30. The number of benzene rings is 1. The van der Waals surface area contributed by atoms with Crippen molar-refractivity contribution in [3.05, 3.63) is 52.8 Å². The Kier molecular flexibility index (Phi) is 6.16. The quantitative estimate of drug-likeness (QED) is 0.832. The smallest absolute Gasteiger partial charge is 0.274 e. The van der Waals surface area contributed by atoms with Gasteiger partial charge in [0.1, 0.15) is 10.6 Å². The van der Waals surface area contributed by atoms with Gasteiger partial charge in [-0.15, -0.1) is 0 Å². The molecule has 1 aromatic heterocycles. The van der Waals surface area contributed by atoms with Gasteiger partial charge in [0, 0.05) is 24.5 Å². The van der Waals surface area contributed by atoms with Crippen molar-refractivity contribution in [3.8, 4) is 0 Å². The summed E-state index contributed by atoms with van der Waals surface area (Å²) in [6.45, 7) is 5.96. The standard InChI is InChI=1S/C17H20ClN3O3S/c1-4-21(5-2)25(23,24)16-11-13(9-10-14(16)18)20-17(22)15-8-6-7-12(3)19-15/h6-11H,4-5H2,1-3H3,(H,20,22). The number of nitrogens with zero attached hydrogens (tertiary/aromatic N) is 2. The second-order valence-electron chi connectivity index (χ2n) is 5.35. The van der Waals surface area contributed by atoms with E-state index in [2.05, 4.69) is 10.3 Å². The van der Waals surface area contributed by atoms with E-state index in [1.54, 1.807) is 45.0 Å². The van der Waals surface area contributed by atoms with Gasteiger partial charge in [-0.3, -0.25) is 4.79 Å². The Balaban J connectivity index is 2.34. The van der Waals surface area contributed by atoms with E-state index in [1.165, 1.54) is 16.4 Å². The molecule has 2 rings (SSSR count). The Bertz CT molecular complexity index is 880. The number of nitrogens with one attached hydrogen (secondary N) is 1. The highest BCUT2D eigenvalue weighted by molar-refractivity contribution is 7.89. The normalized spacial score (nSPS) is 11.6. The molecular weight excluding hydrogens is 362 g/mol. The van der Waals surface area contributed by atoms with E-state index in [-0.39, 0.29) is 15.6 Å². The molecule has 0 aliphatic heterocycles. The van der Waals surface area contributed by atoms with Gasteiger partial charge in [-0.2, -0.15) is 4.31 Å². The molecule has 0 fully saturated rings. The van der Waals surface area contributed by atoms with Crippen LogP contribution in [-0.4, -0.2) is 36.7 Å². The maximum atomic E-state index is 12.7. The highest BCUT2D eigenvalue weighted by atomic mass is 35.5. The zero-order valence-electron chi connectivity index (χ0n) is 14.3. The zero-order chi connectivity index (χ0) is 18.6. The molecule has 0 spiro atoms. The Hall–Kier alpha value is -1.96. The maximum Gasteiger partial charge on any atom is 0.274 e. The molecular formula is C17H20ClN3O3S. The number of pyridine rings is 1. The van der Waals surface area contributed by atoms with Crippen LogP contribution in [0.1, 0.15) is 30.0 Å². The average molecular weight is 382 g/mol. The van der Waals surface area contributed by atoms with Crippen LogP contribution in [0.4, 0.5) is 5.69 Å². The van der Waals surface area contributed by atoms with Crippen LogP contribution < -0.4 is 5.32 Å². The summed E-state index contributed by atoms with van der Waals surface area (Å²) in [6.07, 6.45) is 0. The highest BCUT2D eigenvalue weighted by Gasteiger charge is 2.25. The lowest BCUT2D eigenvalue weighted by Gasteiger charge is -2.19. The number of hydrogen-bond donors (Lipinski definition) is 1. The van der Waals surface area contributed by atoms with E-state index in [0.29, 0.717) is 24.5 Å². The van der Waals surface area contributed by atoms with Crippen LogP contribution in [0.25, 0.3) is 0 Å². The van der Waals surface area contributed by atoms with Gasteiger partial charge in [0.25, 0.3) is 5.91 Å². The summed E-state index contributed by atoms with van der Waals surface area (Å²) >= 11 is 6.08. The molecule has 0 aliphatic rings. The molecule has 1 aromatic carbocycles. The van der Waals surface area contributed by atoms with Gasteiger partial charge in [-0.05, 0) is 37.3 Å². The molecule has 6 nitrogen and oxygen atoms in total. The number of hydrogen-bond acceptors (Lipinski definition) is 4. The van der Waals surface area contributed by atoms with Crippen LogP contribution >= 0.6 is 11.6 Å². The SMILES string of the molecule is CCN(CC)S(=O)(=O)c1cc(NC(=O)c2cccc(C)n2)ccc1Cl. The van der Waals surface area contributed by atoms with E-state index in [4.69, 9.17) is 11.6 Å². The van der Waals surface area contributed by atoms with Crippen LogP contribution in [0.5, 0.6) is 0 Å². The van der Waals surface area contributed by atoms with Gasteiger partial charge < -0.3 is 5.32 Å². The number of halogens is 1. The molecule has 2 aromatic rings. The third-order valence-electron chi connectivity index (χ3n) is 3.63. The predicted octanol–water partition coefficient (Wildman–Crippen LogP) is 3.33. The van der Waals surface area contributed by atoms with Crippen LogP contribution in [0.2, 0.25) is 5.02 Å². The first-order valence-corrected chi connectivity index (χ1v) is 9.66. The molecule has 134 valence electrons. The van der Waals surface area contributed by atoms with Gasteiger partial charge in [0.15, 0.2) is 0 Å². The van der Waals surface area contributed by atoms with Gasteiger partial charge in [0.2, 0.25) is 10.0 Å². The topological polar surface area (TPSA) is 79.4 Å². The van der Waals surface area contributed by atoms with E-state index in [9.17, 15) is 13.2 Å². The fourth-order valence-electron chi connectivity index (χ4n) is 2.35. The highest BCUT2D eigenvalue weighted by Crippen LogP contribution is 2.28. The number of aromatic nitrogens is 1. The van der Waals surface area contributed by atoms with E-state index in [1.807, 2.05) is 0 Å². The largest absolute Gasteiger partial charge is 0.321 e. The number of carbonyl (C=O) groups excluding carboxylic acids is 1. The van der Waals surface area contributed by atoms with Crippen molar-refractivity contribution in [2.75, 3.05) is 18.4 Å². The minimum Gasteiger partial charge on any atom is -0.321 e. The Morgan fingerprint density at radius 2 is 1.88 bits per heavy atom. The molecule has 1 amide bonds. The zero-order valence-corrected chi connectivity index (χ0v) is 15.9. The summed E-state index contributed by atoms with van der Waals surface area (Å²) in [6, 6.07) is 9.48. The molecule has 1 heterocycles. The lowest BCUT2D eigenvalue weighted by atomic mass is 10.2. The van der Waals surface area contributed by atoms with Crippen molar-refractivity contribution in [3.63, 3.8) is 0 Å². The summed E-state index contributed by atoms with van der Waals surface area (Å²) in [5, 5.41) is 2.77. The monoisotopic (exact) mass is 381 g/mol. The molecule has 0 atom stereocenters. The first-order chi connectivity index (χ1) is 11.8. The molecule has 0 aliphatic carbocycles. The summed E-state index contributed by atoms with van der Waals surface area (Å²) in [5.74, 6) is -0.419. The first kappa shape index (κ1) is 19.4. The first-order valence-electron chi connectivity index (χ1n) is 7.84. The number of amides is 1. The van der Waals surface area contributed by atoms with Crippen LogP contribution in [-0.2, 0) is 10.0 Å². The number of rotatable bonds is 6. The Morgan fingerprint density at radius 1 is 1.20 bits per heavy atom. The maximum absolute atomic E-state index is 12.7. The predicted molar refractivity (Wildman–Crippen MR) is 98.5 cm³/mol. The van der Waals surface area contributed by atoms with Crippen LogP contribution in [0.15, 0.2) is 41.3 Å². The third kappa shape index (κ3) is 4.36. The van der Waals surface area contributed by atoms with Gasteiger partial charge in [-0.25, -0.2) is 13.4 Å². The van der Waals surface area contributed by atoms with E-state index in [0.717, 1.165) is 0 Å². The summed E-state index contributed by atoms with van der Waals surface area (Å²) in [4.78, 5) is 16.4. The molecule has 25 heavy (non-hydrogen) atoms. The summed E-state index contributed by atoms with van der Waals surface area (Å²) < 4.78 is 26.7. The number of sulfonamides is 1. The molecule has 8 heteroatoms. The lowest BCUT2D eigenvalue weighted by molar-refractivity contribution is 0.102. The van der Waals surface area contributed by atoms with E-state index < -0.39 is 15.9 Å². The van der Waals surface area contributed by atoms with Gasteiger partial charge in [0.05, 0.1) is 5.02 Å². The second kappa shape index (κ2) is 7.95. The Labute approximate surface area is 152 Å². The minimum atomic E-state index is -3.73. The van der Waals surface area contributed by atoms with Crippen molar-refractivity contribution >= 4 is 33.2 Å². The van der Waals surface area contributed by atoms with Gasteiger partial charge in [-0.1, -0.05) is 31.5 Å².